The van der Waals surface area contributed by atoms with Crippen molar-refractivity contribution in [2.24, 2.45) is 0 Å². The molecule has 0 atom stereocenters. The molecule has 0 aliphatic carbocycles. The summed E-state index contributed by atoms with van der Waals surface area (Å²) in [7, 11) is 0. The van der Waals surface area contributed by atoms with E-state index in [1.165, 1.54) is 27.9 Å². The molecule has 0 radical (unpaired) electrons. The zero-order chi connectivity index (χ0) is 30.6. The number of anilines is 2. The van der Waals surface area contributed by atoms with Crippen LogP contribution < -0.4 is 14.5 Å². The summed E-state index contributed by atoms with van der Waals surface area (Å²) >= 11 is 0. The van der Waals surface area contributed by atoms with Gasteiger partial charge in [0, 0.05) is 50.0 Å². The van der Waals surface area contributed by atoms with Crippen LogP contribution in [0.25, 0.3) is 27.6 Å². The second-order valence-electron chi connectivity index (χ2n) is 12.5. The molecule has 6 heteroatoms. The Labute approximate surface area is 280 Å². The van der Waals surface area contributed by atoms with E-state index in [-0.39, 0.29) is 26.5 Å². The van der Waals surface area contributed by atoms with Gasteiger partial charge in [0.25, 0.3) is 0 Å². The molecule has 7 rings (SSSR count). The summed E-state index contributed by atoms with van der Waals surface area (Å²) in [5.74, 6) is 2.11. The van der Waals surface area contributed by atoms with Crippen LogP contribution in [0.1, 0.15) is 43.0 Å². The van der Waals surface area contributed by atoms with Gasteiger partial charge in [-0.25, -0.2) is 4.98 Å². The number of ether oxygens (including phenoxy) is 1. The van der Waals surface area contributed by atoms with Gasteiger partial charge in [0.05, 0.1) is 0 Å². The Hall–Kier alpha value is -4.34. The van der Waals surface area contributed by atoms with Crippen molar-refractivity contribution in [3.05, 3.63) is 139 Å². The van der Waals surface area contributed by atoms with Crippen LogP contribution >= 0.6 is 0 Å². The summed E-state index contributed by atoms with van der Waals surface area (Å²) < 4.78 is 8.57. The van der Waals surface area contributed by atoms with Crippen LogP contribution in [-0.4, -0.2) is 9.55 Å². The minimum absolute atomic E-state index is 0. The maximum Gasteiger partial charge on any atom is 0.135 e. The molecule has 0 saturated heterocycles. The number of fused-ring (bicyclic) bond motifs is 3. The van der Waals surface area contributed by atoms with E-state index in [0.717, 1.165) is 33.3 Å². The Morgan fingerprint density at radius 3 is 2.36 bits per heavy atom. The molecule has 0 amide bonds. The third-order valence-corrected chi connectivity index (χ3v) is 8.59. The van der Waals surface area contributed by atoms with Gasteiger partial charge >= 0.3 is 0 Å². The van der Waals surface area contributed by atoms with Crippen LogP contribution in [0.3, 0.4) is 0 Å². The number of pyridine rings is 1. The van der Waals surface area contributed by atoms with Crippen molar-refractivity contribution in [1.82, 2.24) is 9.55 Å². The van der Waals surface area contributed by atoms with Gasteiger partial charge in [-0.2, -0.15) is 12.1 Å². The van der Waals surface area contributed by atoms with E-state index in [1.54, 1.807) is 0 Å². The van der Waals surface area contributed by atoms with Crippen molar-refractivity contribution in [2.75, 3.05) is 9.80 Å². The molecule has 0 spiro atoms. The van der Waals surface area contributed by atoms with Crippen LogP contribution in [0.2, 0.25) is 0 Å². The molecule has 2 aromatic heterocycles. The predicted molar refractivity (Wildman–Crippen MR) is 181 cm³/mol. The first-order chi connectivity index (χ1) is 21.2. The molecule has 0 fully saturated rings. The Morgan fingerprint density at radius 1 is 0.756 bits per heavy atom. The largest absolute Gasteiger partial charge is 0.509 e. The normalized spacial score (nSPS) is 13.1. The number of hydrogen-bond donors (Lipinski definition) is 0. The van der Waals surface area contributed by atoms with Crippen LogP contribution in [0.15, 0.2) is 97.5 Å². The molecule has 0 saturated carbocycles. The maximum atomic E-state index is 6.39. The number of rotatable bonds is 5. The van der Waals surface area contributed by atoms with E-state index in [1.807, 2.05) is 36.7 Å². The Morgan fingerprint density at radius 2 is 1.53 bits per heavy atom. The second-order valence-corrected chi connectivity index (χ2v) is 12.5. The summed E-state index contributed by atoms with van der Waals surface area (Å²) in [6, 6.07) is 34.1. The molecule has 3 heterocycles. The molecule has 1 aliphatic heterocycles. The number of nitrogens with zero attached hydrogens (tertiary/aromatic N) is 4. The summed E-state index contributed by atoms with van der Waals surface area (Å²) in [5.41, 5.74) is 9.19. The maximum absolute atomic E-state index is 6.39. The van der Waals surface area contributed by atoms with Crippen molar-refractivity contribution in [3.8, 4) is 17.3 Å². The molecular weight excluding hydrogens is 736 g/mol. The molecule has 4 aromatic carbocycles. The van der Waals surface area contributed by atoms with Crippen LogP contribution in [0.5, 0.6) is 11.5 Å². The predicted octanol–water partition coefficient (Wildman–Crippen LogP) is 9.71. The van der Waals surface area contributed by atoms with Gasteiger partial charge in [0.15, 0.2) is 0 Å². The quantitative estimate of drug-likeness (QED) is 0.164. The Kier molecular flexibility index (Phi) is 8.09. The van der Waals surface area contributed by atoms with Crippen molar-refractivity contribution >= 4 is 33.2 Å². The smallest absolute Gasteiger partial charge is 0.135 e. The monoisotopic (exact) mass is 770 g/mol. The average Bonchev–Trinajstić information content (AvgIpc) is 3.63. The van der Waals surface area contributed by atoms with Crippen molar-refractivity contribution in [3.63, 3.8) is 0 Å². The first-order valence-electron chi connectivity index (χ1n) is 15.0. The van der Waals surface area contributed by atoms with E-state index in [0.29, 0.717) is 11.5 Å². The van der Waals surface area contributed by atoms with Gasteiger partial charge < -0.3 is 19.1 Å². The van der Waals surface area contributed by atoms with E-state index < -0.39 is 0 Å². The molecule has 1 aliphatic rings. The average molecular weight is 771 g/mol. The van der Waals surface area contributed by atoms with Gasteiger partial charge in [-0.15, -0.1) is 48.1 Å². The molecule has 0 bridgehead atoms. The van der Waals surface area contributed by atoms with E-state index in [4.69, 9.17) is 9.72 Å². The fourth-order valence-corrected chi connectivity index (χ4v) is 5.80. The van der Waals surface area contributed by atoms with Crippen LogP contribution in [-0.2, 0) is 26.5 Å². The first kappa shape index (κ1) is 30.7. The van der Waals surface area contributed by atoms with E-state index in [2.05, 4.69) is 136 Å². The Balaban J connectivity index is 0.00000357. The van der Waals surface area contributed by atoms with Crippen molar-refractivity contribution < 1.29 is 25.8 Å². The topological polar surface area (TPSA) is 33.5 Å². The summed E-state index contributed by atoms with van der Waals surface area (Å²) in [5, 5.41) is 2.26. The third kappa shape index (κ3) is 5.66. The van der Waals surface area contributed by atoms with Gasteiger partial charge in [0.1, 0.15) is 5.82 Å². The standard InChI is InChI=1S/C39H35N4O.Pt/c1-26-14-17-35(28(3)27(26)2)42-21-20-41(25-42)30-10-9-11-31(23-30)44-32-15-16-34-33-12-7-8-13-36(33)43(37(34)24-32)38-22-29(18-19-40-38)39(4,5)6;/h7-22,25H,1-6H3;/q-3;. The van der Waals surface area contributed by atoms with Gasteiger partial charge in [-0.1, -0.05) is 50.6 Å². The Bertz CT molecular complexity index is 2070. The number of hydrogen-bond acceptors (Lipinski definition) is 4. The van der Waals surface area contributed by atoms with Gasteiger partial charge in [0.2, 0.25) is 0 Å². The number of para-hydroxylation sites is 1. The SMILES string of the molecule is Cc1ccc(N2C=CN(c3[c-]c(Oc4[c-]c5c(cc4)c4ccccc4n5-c4cc(C(C)(C)C)ccn4)ccc3)[CH-]2)c(C)c1C.[Pt]. The summed E-state index contributed by atoms with van der Waals surface area (Å²) in [4.78, 5) is 8.98. The van der Waals surface area contributed by atoms with Crippen LogP contribution in [0.4, 0.5) is 11.4 Å². The van der Waals surface area contributed by atoms with Crippen LogP contribution in [0, 0.1) is 39.6 Å². The molecule has 0 N–H and O–H groups in total. The zero-order valence-electron chi connectivity index (χ0n) is 26.3. The van der Waals surface area contributed by atoms with Crippen molar-refractivity contribution in [2.45, 2.75) is 47.0 Å². The van der Waals surface area contributed by atoms with Gasteiger partial charge in [-0.05, 0) is 90.5 Å². The molecule has 0 unspecified atom stereocenters. The molecule has 45 heavy (non-hydrogen) atoms. The number of benzene rings is 4. The fraction of sp³-hybridized carbons (Fsp3) is 0.179. The number of aromatic nitrogens is 2. The van der Waals surface area contributed by atoms with E-state index >= 15 is 0 Å². The van der Waals surface area contributed by atoms with E-state index in [9.17, 15) is 0 Å². The van der Waals surface area contributed by atoms with Gasteiger partial charge in [-0.3, -0.25) is 0 Å². The minimum Gasteiger partial charge on any atom is -0.509 e. The minimum atomic E-state index is 0. The first-order valence-corrected chi connectivity index (χ1v) is 15.0. The number of aryl methyl sites for hydroxylation is 1. The summed E-state index contributed by atoms with van der Waals surface area (Å²) in [6.45, 7) is 15.2. The molecular formula is C39H35N4OPt-3. The zero-order valence-corrected chi connectivity index (χ0v) is 28.6. The second kappa shape index (κ2) is 11.9. The summed E-state index contributed by atoms with van der Waals surface area (Å²) in [6.07, 6.45) is 6.00. The molecule has 6 aromatic rings. The molecule has 5 nitrogen and oxygen atoms in total. The molecule has 230 valence electrons. The fourth-order valence-electron chi connectivity index (χ4n) is 5.80. The van der Waals surface area contributed by atoms with Crippen molar-refractivity contribution in [1.29, 1.82) is 0 Å². The third-order valence-electron chi connectivity index (χ3n) is 8.59.